The van der Waals surface area contributed by atoms with E-state index in [1.807, 2.05) is 31.2 Å². The zero-order valence-electron chi connectivity index (χ0n) is 16.5. The van der Waals surface area contributed by atoms with Crippen molar-refractivity contribution in [2.24, 2.45) is 0 Å². The van der Waals surface area contributed by atoms with Crippen LogP contribution < -0.4 is 16.0 Å². The predicted molar refractivity (Wildman–Crippen MR) is 110 cm³/mol. The number of nitrogens with one attached hydrogen (secondary N) is 3. The topological polar surface area (TPSA) is 87.3 Å². The van der Waals surface area contributed by atoms with Crippen LogP contribution in [0.5, 0.6) is 0 Å². The first kappa shape index (κ1) is 22.1. The van der Waals surface area contributed by atoms with E-state index in [1.54, 1.807) is 0 Å². The van der Waals surface area contributed by atoms with Crippen LogP contribution in [-0.4, -0.2) is 24.3 Å². The van der Waals surface area contributed by atoms with Crippen molar-refractivity contribution in [3.63, 3.8) is 0 Å². The first-order valence-electron chi connectivity index (χ1n) is 9.67. The maximum absolute atomic E-state index is 12.9. The molecule has 0 heterocycles. The molecule has 0 radical (unpaired) electrons. The van der Waals surface area contributed by atoms with Gasteiger partial charge in [-0.1, -0.05) is 19.1 Å². The fourth-order valence-electron chi connectivity index (χ4n) is 2.65. The third-order valence-electron chi connectivity index (χ3n) is 4.15. The molecule has 3 amide bonds. The summed E-state index contributed by atoms with van der Waals surface area (Å²) in [5.74, 6) is -0.850. The lowest BCUT2D eigenvalue weighted by atomic mass is 10.2. The van der Waals surface area contributed by atoms with Gasteiger partial charge in [-0.3, -0.25) is 14.4 Å². The van der Waals surface area contributed by atoms with Gasteiger partial charge in [0.15, 0.2) is 0 Å². The number of rotatable bonds is 10. The van der Waals surface area contributed by atoms with Gasteiger partial charge in [-0.2, -0.15) is 0 Å². The molecule has 0 spiro atoms. The van der Waals surface area contributed by atoms with Crippen molar-refractivity contribution in [3.05, 3.63) is 65.5 Å². The normalized spacial score (nSPS) is 10.3. The van der Waals surface area contributed by atoms with Crippen molar-refractivity contribution >= 4 is 23.4 Å². The Kier molecular flexibility index (Phi) is 8.82. The first-order chi connectivity index (χ1) is 14.0. The molecule has 3 N–H and O–H groups in total. The van der Waals surface area contributed by atoms with Gasteiger partial charge in [0, 0.05) is 37.2 Å². The minimum absolute atomic E-state index is 0.0311. The molecule has 0 atom stereocenters. The van der Waals surface area contributed by atoms with Crippen LogP contribution in [-0.2, 0) is 16.1 Å². The van der Waals surface area contributed by atoms with Crippen molar-refractivity contribution in [1.82, 2.24) is 10.6 Å². The standard InChI is InChI=1S/C22H26FN3O3/c1-2-5-21(28)26-19-7-3-6-16(14-19)15-25-20(27)8-4-13-24-22(29)17-9-11-18(23)12-10-17/h3,6-7,9-12,14H,2,4-5,8,13,15H2,1H3,(H,24,29)(H,25,27)(H,26,28). The molecule has 2 aromatic rings. The number of carbonyl (C=O) groups is 3. The molecule has 0 bridgehead atoms. The smallest absolute Gasteiger partial charge is 0.251 e. The van der Waals surface area contributed by atoms with E-state index in [9.17, 15) is 18.8 Å². The summed E-state index contributed by atoms with van der Waals surface area (Å²) in [6, 6.07) is 12.6. The van der Waals surface area contributed by atoms with E-state index >= 15 is 0 Å². The van der Waals surface area contributed by atoms with Crippen LogP contribution in [0.3, 0.4) is 0 Å². The Morgan fingerprint density at radius 2 is 1.69 bits per heavy atom. The van der Waals surface area contributed by atoms with Gasteiger partial charge >= 0.3 is 0 Å². The summed E-state index contributed by atoms with van der Waals surface area (Å²) < 4.78 is 12.9. The van der Waals surface area contributed by atoms with Crippen molar-refractivity contribution in [2.75, 3.05) is 11.9 Å². The summed E-state index contributed by atoms with van der Waals surface area (Å²) in [7, 11) is 0. The number of hydrogen-bond donors (Lipinski definition) is 3. The van der Waals surface area contributed by atoms with Gasteiger partial charge in [-0.15, -0.1) is 0 Å². The molecule has 2 rings (SSSR count). The molecular weight excluding hydrogens is 373 g/mol. The maximum atomic E-state index is 12.9. The highest BCUT2D eigenvalue weighted by Gasteiger charge is 2.07. The highest BCUT2D eigenvalue weighted by molar-refractivity contribution is 5.94. The van der Waals surface area contributed by atoms with Crippen LogP contribution in [0.25, 0.3) is 0 Å². The molecule has 6 nitrogen and oxygen atoms in total. The lowest BCUT2D eigenvalue weighted by Crippen LogP contribution is -2.27. The summed E-state index contributed by atoms with van der Waals surface area (Å²) in [6.45, 7) is 2.65. The fraction of sp³-hybridized carbons (Fsp3) is 0.318. The second-order valence-electron chi connectivity index (χ2n) is 6.64. The third kappa shape index (κ3) is 8.13. The van der Waals surface area contributed by atoms with Crippen LogP contribution in [0, 0.1) is 5.82 Å². The minimum atomic E-state index is -0.396. The van der Waals surface area contributed by atoms with Gasteiger partial charge in [-0.05, 0) is 54.8 Å². The molecular formula is C22H26FN3O3. The van der Waals surface area contributed by atoms with Gasteiger partial charge in [0.05, 0.1) is 0 Å². The van der Waals surface area contributed by atoms with Gasteiger partial charge in [0.2, 0.25) is 11.8 Å². The van der Waals surface area contributed by atoms with Gasteiger partial charge < -0.3 is 16.0 Å². The quantitative estimate of drug-likeness (QED) is 0.535. The van der Waals surface area contributed by atoms with Crippen LogP contribution in [0.2, 0.25) is 0 Å². The Hall–Kier alpha value is -3.22. The van der Waals surface area contributed by atoms with Gasteiger partial charge in [0.1, 0.15) is 5.82 Å². The van der Waals surface area contributed by atoms with Gasteiger partial charge in [0.25, 0.3) is 5.91 Å². The average Bonchev–Trinajstić information content (AvgIpc) is 2.70. The second kappa shape index (κ2) is 11.6. The lowest BCUT2D eigenvalue weighted by molar-refractivity contribution is -0.121. The second-order valence-corrected chi connectivity index (χ2v) is 6.64. The molecule has 2 aromatic carbocycles. The minimum Gasteiger partial charge on any atom is -0.352 e. The van der Waals surface area contributed by atoms with Crippen molar-refractivity contribution in [3.8, 4) is 0 Å². The Balaban J connectivity index is 1.67. The van der Waals surface area contributed by atoms with E-state index in [1.165, 1.54) is 24.3 Å². The van der Waals surface area contributed by atoms with Crippen LogP contribution in [0.4, 0.5) is 10.1 Å². The van der Waals surface area contributed by atoms with Crippen LogP contribution in [0.1, 0.15) is 48.5 Å². The van der Waals surface area contributed by atoms with Crippen LogP contribution >= 0.6 is 0 Å². The molecule has 154 valence electrons. The molecule has 0 unspecified atom stereocenters. The molecule has 0 aromatic heterocycles. The number of hydrogen-bond acceptors (Lipinski definition) is 3. The summed E-state index contributed by atoms with van der Waals surface area (Å²) in [5.41, 5.74) is 1.97. The maximum Gasteiger partial charge on any atom is 0.251 e. The lowest BCUT2D eigenvalue weighted by Gasteiger charge is -2.09. The molecule has 29 heavy (non-hydrogen) atoms. The molecule has 0 saturated carbocycles. The Bertz CT molecular complexity index is 837. The van der Waals surface area contributed by atoms with Crippen molar-refractivity contribution in [2.45, 2.75) is 39.2 Å². The number of benzene rings is 2. The van der Waals surface area contributed by atoms with E-state index in [-0.39, 0.29) is 24.1 Å². The Morgan fingerprint density at radius 1 is 0.931 bits per heavy atom. The summed E-state index contributed by atoms with van der Waals surface area (Å²) in [6.07, 6.45) is 2.02. The summed E-state index contributed by atoms with van der Waals surface area (Å²) in [5, 5.41) is 8.35. The average molecular weight is 399 g/mol. The fourth-order valence-corrected chi connectivity index (χ4v) is 2.65. The summed E-state index contributed by atoms with van der Waals surface area (Å²) >= 11 is 0. The molecule has 0 fully saturated rings. The zero-order chi connectivity index (χ0) is 21.1. The Morgan fingerprint density at radius 3 is 2.41 bits per heavy atom. The summed E-state index contributed by atoms with van der Waals surface area (Å²) in [4.78, 5) is 35.5. The molecule has 7 heteroatoms. The van der Waals surface area contributed by atoms with Crippen molar-refractivity contribution < 1.29 is 18.8 Å². The highest BCUT2D eigenvalue weighted by Crippen LogP contribution is 2.11. The number of carbonyl (C=O) groups excluding carboxylic acids is 3. The molecule has 0 saturated heterocycles. The number of amides is 3. The first-order valence-corrected chi connectivity index (χ1v) is 9.67. The van der Waals surface area contributed by atoms with E-state index in [0.29, 0.717) is 37.2 Å². The third-order valence-corrected chi connectivity index (χ3v) is 4.15. The SMILES string of the molecule is CCCC(=O)Nc1cccc(CNC(=O)CCCNC(=O)c2ccc(F)cc2)c1. The number of anilines is 1. The largest absolute Gasteiger partial charge is 0.352 e. The molecule has 0 aliphatic carbocycles. The molecule has 0 aliphatic rings. The number of halogens is 1. The van der Waals surface area contributed by atoms with E-state index < -0.39 is 5.82 Å². The van der Waals surface area contributed by atoms with E-state index in [4.69, 9.17) is 0 Å². The van der Waals surface area contributed by atoms with E-state index in [0.717, 1.165) is 12.0 Å². The Labute approximate surface area is 169 Å². The molecule has 0 aliphatic heterocycles. The monoisotopic (exact) mass is 399 g/mol. The van der Waals surface area contributed by atoms with Crippen molar-refractivity contribution in [1.29, 1.82) is 0 Å². The van der Waals surface area contributed by atoms with E-state index in [2.05, 4.69) is 16.0 Å². The predicted octanol–water partition coefficient (Wildman–Crippen LogP) is 3.39. The zero-order valence-corrected chi connectivity index (χ0v) is 16.5. The van der Waals surface area contributed by atoms with Crippen LogP contribution in [0.15, 0.2) is 48.5 Å². The highest BCUT2D eigenvalue weighted by atomic mass is 19.1. The van der Waals surface area contributed by atoms with Gasteiger partial charge in [-0.25, -0.2) is 4.39 Å².